The molecule has 0 aliphatic heterocycles. The summed E-state index contributed by atoms with van der Waals surface area (Å²) in [5.74, 6) is 0.966. The Morgan fingerprint density at radius 3 is 2.42 bits per heavy atom. The van der Waals surface area contributed by atoms with Crippen LogP contribution in [0.25, 0.3) is 0 Å². The van der Waals surface area contributed by atoms with Crippen LogP contribution >= 0.6 is 0 Å². The second-order valence-electron chi connectivity index (χ2n) is 8.68. The smallest absolute Gasteiger partial charge is 0.251 e. The molecular weight excluding hydrogens is 423 g/mol. The van der Waals surface area contributed by atoms with Crippen LogP contribution in [0, 0.1) is 0 Å². The highest BCUT2D eigenvalue weighted by Gasteiger charge is 2.36. The fraction of sp³-hybridized carbons (Fsp3) is 0.500. The predicted octanol–water partition coefficient (Wildman–Crippen LogP) is 4.62. The van der Waals surface area contributed by atoms with E-state index in [9.17, 15) is 9.18 Å². The Morgan fingerprint density at radius 1 is 1.09 bits per heavy atom. The Labute approximate surface area is 196 Å². The topological polar surface area (TPSA) is 60.0 Å². The minimum absolute atomic E-state index is 0.0149. The first-order valence-corrected chi connectivity index (χ1v) is 11.5. The summed E-state index contributed by atoms with van der Waals surface area (Å²) in [6, 6.07) is 13.0. The third-order valence-corrected chi connectivity index (χ3v) is 6.33. The predicted molar refractivity (Wildman–Crippen MR) is 127 cm³/mol. The molecule has 1 saturated carbocycles. The second-order valence-corrected chi connectivity index (χ2v) is 8.68. The zero-order chi connectivity index (χ0) is 23.7. The molecule has 2 aromatic carbocycles. The quantitative estimate of drug-likeness (QED) is 0.471. The van der Waals surface area contributed by atoms with E-state index >= 15 is 0 Å². The molecule has 0 aromatic heterocycles. The molecule has 1 amide bonds. The van der Waals surface area contributed by atoms with E-state index in [-0.39, 0.29) is 24.5 Å². The molecular formula is C26H35FN2O4. The molecule has 1 aliphatic carbocycles. The Morgan fingerprint density at radius 2 is 1.79 bits per heavy atom. The molecule has 1 N–H and O–H groups in total. The number of benzene rings is 2. The van der Waals surface area contributed by atoms with Gasteiger partial charge in [-0.2, -0.15) is 0 Å². The van der Waals surface area contributed by atoms with Crippen LogP contribution in [0.2, 0.25) is 0 Å². The summed E-state index contributed by atoms with van der Waals surface area (Å²) in [5, 5.41) is 3.09. The number of methoxy groups -OCH3 is 1. The maximum absolute atomic E-state index is 13.1. The van der Waals surface area contributed by atoms with Gasteiger partial charge in [-0.15, -0.1) is 0 Å². The molecule has 33 heavy (non-hydrogen) atoms. The van der Waals surface area contributed by atoms with Crippen molar-refractivity contribution in [3.63, 3.8) is 0 Å². The average molecular weight is 459 g/mol. The van der Waals surface area contributed by atoms with E-state index in [4.69, 9.17) is 14.2 Å². The van der Waals surface area contributed by atoms with Crippen LogP contribution in [0.5, 0.6) is 17.2 Å². The number of nitrogens with zero attached hydrogens (tertiary/aromatic N) is 1. The van der Waals surface area contributed by atoms with E-state index < -0.39 is 6.67 Å². The molecule has 0 saturated heterocycles. The maximum Gasteiger partial charge on any atom is 0.251 e. The summed E-state index contributed by atoms with van der Waals surface area (Å²) in [4.78, 5) is 15.3. The number of hydrogen-bond acceptors (Lipinski definition) is 5. The molecule has 2 aromatic rings. The normalized spacial score (nSPS) is 14.8. The molecule has 0 spiro atoms. The van der Waals surface area contributed by atoms with Crippen LogP contribution in [0.15, 0.2) is 42.5 Å². The molecule has 0 radical (unpaired) electrons. The SMILES string of the molecule is COc1cc(C(=O)NCC2(N(C)C)CCCC2)cc(OCCCF)c1OCc1ccccc1. The van der Waals surface area contributed by atoms with Crippen molar-refractivity contribution in [1.29, 1.82) is 0 Å². The highest BCUT2D eigenvalue weighted by Crippen LogP contribution is 2.40. The molecule has 0 heterocycles. The van der Waals surface area contributed by atoms with Crippen molar-refractivity contribution >= 4 is 5.91 Å². The van der Waals surface area contributed by atoms with Gasteiger partial charge in [0.25, 0.3) is 5.91 Å². The lowest BCUT2D eigenvalue weighted by molar-refractivity contribution is 0.0899. The number of likely N-dealkylation sites (N-methyl/N-ethyl adjacent to an activating group) is 1. The van der Waals surface area contributed by atoms with Gasteiger partial charge in [0.2, 0.25) is 5.75 Å². The number of amides is 1. The summed E-state index contributed by atoms with van der Waals surface area (Å²) in [7, 11) is 5.66. The number of carbonyl (C=O) groups is 1. The largest absolute Gasteiger partial charge is 0.493 e. The van der Waals surface area contributed by atoms with Gasteiger partial charge >= 0.3 is 0 Å². The van der Waals surface area contributed by atoms with Crippen LogP contribution in [0.3, 0.4) is 0 Å². The lowest BCUT2D eigenvalue weighted by Crippen LogP contribution is -2.50. The van der Waals surface area contributed by atoms with Gasteiger partial charge in [-0.1, -0.05) is 43.2 Å². The van der Waals surface area contributed by atoms with Crippen molar-refractivity contribution in [1.82, 2.24) is 10.2 Å². The number of rotatable bonds is 12. The first-order chi connectivity index (χ1) is 16.0. The fourth-order valence-corrected chi connectivity index (χ4v) is 4.24. The maximum atomic E-state index is 13.1. The fourth-order valence-electron chi connectivity index (χ4n) is 4.24. The standard InChI is InChI=1S/C26H35FN2O4/c1-29(2)26(12-7-8-13-26)19-28-25(30)21-16-22(31-3)24(23(17-21)32-15-9-14-27)33-18-20-10-5-4-6-11-20/h4-6,10-11,16-17H,7-9,12-15,18-19H2,1-3H3,(H,28,30). The third-order valence-electron chi connectivity index (χ3n) is 6.33. The van der Waals surface area contributed by atoms with Crippen molar-refractivity contribution in [2.45, 2.75) is 44.2 Å². The van der Waals surface area contributed by atoms with E-state index in [1.165, 1.54) is 20.0 Å². The van der Waals surface area contributed by atoms with Crippen LogP contribution in [0.1, 0.15) is 48.0 Å². The van der Waals surface area contributed by atoms with E-state index in [1.807, 2.05) is 30.3 Å². The highest BCUT2D eigenvalue weighted by atomic mass is 19.1. The summed E-state index contributed by atoms with van der Waals surface area (Å²) in [6.07, 6.45) is 4.72. The van der Waals surface area contributed by atoms with Crippen LogP contribution in [-0.2, 0) is 6.61 Å². The van der Waals surface area contributed by atoms with Gasteiger partial charge < -0.3 is 24.4 Å². The van der Waals surface area contributed by atoms with E-state index in [0.29, 0.717) is 36.0 Å². The number of ether oxygens (including phenoxy) is 3. The van der Waals surface area contributed by atoms with E-state index in [1.54, 1.807) is 12.1 Å². The second kappa shape index (κ2) is 11.9. The Bertz CT molecular complexity index is 899. The molecule has 3 rings (SSSR count). The lowest BCUT2D eigenvalue weighted by atomic mass is 9.96. The zero-order valence-corrected chi connectivity index (χ0v) is 19.9. The minimum Gasteiger partial charge on any atom is -0.493 e. The molecule has 1 fully saturated rings. The van der Waals surface area contributed by atoms with E-state index in [2.05, 4.69) is 24.3 Å². The molecule has 0 bridgehead atoms. The number of hydrogen-bond donors (Lipinski definition) is 1. The number of carbonyl (C=O) groups excluding carboxylic acids is 1. The molecule has 0 unspecified atom stereocenters. The Balaban J connectivity index is 1.80. The first-order valence-electron chi connectivity index (χ1n) is 11.5. The zero-order valence-electron chi connectivity index (χ0n) is 19.9. The van der Waals surface area contributed by atoms with Gasteiger partial charge in [0, 0.05) is 24.1 Å². The molecule has 7 heteroatoms. The summed E-state index contributed by atoms with van der Waals surface area (Å²) in [6.45, 7) is 0.583. The van der Waals surface area contributed by atoms with E-state index in [0.717, 1.165) is 18.4 Å². The summed E-state index contributed by atoms with van der Waals surface area (Å²) >= 11 is 0. The van der Waals surface area contributed by atoms with Crippen molar-refractivity contribution in [3.8, 4) is 17.2 Å². The monoisotopic (exact) mass is 458 g/mol. The van der Waals surface area contributed by atoms with Gasteiger partial charge in [-0.25, -0.2) is 0 Å². The van der Waals surface area contributed by atoms with Gasteiger partial charge in [0.05, 0.1) is 20.4 Å². The first kappa shape index (κ1) is 24.8. The lowest BCUT2D eigenvalue weighted by Gasteiger charge is -2.36. The molecule has 0 atom stereocenters. The average Bonchev–Trinajstić information content (AvgIpc) is 3.32. The van der Waals surface area contributed by atoms with Crippen molar-refractivity contribution in [2.75, 3.05) is 41.0 Å². The van der Waals surface area contributed by atoms with Gasteiger partial charge in [0.1, 0.15) is 6.61 Å². The number of alkyl halides is 1. The number of nitrogens with one attached hydrogen (secondary N) is 1. The van der Waals surface area contributed by atoms with Crippen LogP contribution < -0.4 is 19.5 Å². The van der Waals surface area contributed by atoms with Crippen molar-refractivity contribution in [3.05, 3.63) is 53.6 Å². The van der Waals surface area contributed by atoms with Gasteiger partial charge in [-0.05, 0) is 44.6 Å². The summed E-state index contributed by atoms with van der Waals surface area (Å²) < 4.78 is 30.0. The molecule has 1 aliphatic rings. The Kier molecular flexibility index (Phi) is 8.95. The highest BCUT2D eigenvalue weighted by molar-refractivity contribution is 5.95. The van der Waals surface area contributed by atoms with Crippen molar-refractivity contribution < 1.29 is 23.4 Å². The van der Waals surface area contributed by atoms with Gasteiger partial charge in [0.15, 0.2) is 11.5 Å². The Hall–Kier alpha value is -2.80. The number of halogens is 1. The van der Waals surface area contributed by atoms with Crippen molar-refractivity contribution in [2.24, 2.45) is 0 Å². The minimum atomic E-state index is -0.482. The van der Waals surface area contributed by atoms with Crippen LogP contribution in [0.4, 0.5) is 4.39 Å². The van der Waals surface area contributed by atoms with Gasteiger partial charge in [-0.3, -0.25) is 9.18 Å². The molecule has 6 nitrogen and oxygen atoms in total. The molecule has 180 valence electrons. The summed E-state index contributed by atoms with van der Waals surface area (Å²) in [5.41, 5.74) is 1.39. The third kappa shape index (κ3) is 6.38. The van der Waals surface area contributed by atoms with Crippen LogP contribution in [-0.4, -0.2) is 57.4 Å².